The topological polar surface area (TPSA) is 111 Å². The summed E-state index contributed by atoms with van der Waals surface area (Å²) in [6.07, 6.45) is 4.47. The van der Waals surface area contributed by atoms with Crippen LogP contribution in [-0.4, -0.2) is 54.7 Å². The molecular weight excluding hydrogens is 398 g/mol. The number of aryl methyl sites for hydroxylation is 1. The highest BCUT2D eigenvalue weighted by Crippen LogP contribution is 2.27. The molecule has 3 rings (SSSR count). The quantitative estimate of drug-likeness (QED) is 0.304. The van der Waals surface area contributed by atoms with E-state index in [0.29, 0.717) is 17.9 Å². The molecule has 0 unspecified atom stereocenters. The lowest BCUT2D eigenvalue weighted by molar-refractivity contribution is -0.107. The van der Waals surface area contributed by atoms with E-state index in [1.807, 2.05) is 51.0 Å². The molecular formula is C22H29N5O4. The van der Waals surface area contributed by atoms with Crippen LogP contribution in [0.4, 0.5) is 11.4 Å². The molecule has 9 nitrogen and oxygen atoms in total. The molecule has 0 aliphatic heterocycles. The molecule has 0 atom stereocenters. The van der Waals surface area contributed by atoms with Gasteiger partial charge < -0.3 is 19.5 Å². The van der Waals surface area contributed by atoms with Gasteiger partial charge in [-0.1, -0.05) is 0 Å². The Balaban J connectivity index is 0.000000220. The summed E-state index contributed by atoms with van der Waals surface area (Å²) in [5, 5.41) is 9.57. The fourth-order valence-electron chi connectivity index (χ4n) is 3.06. The van der Waals surface area contributed by atoms with E-state index in [9.17, 15) is 9.59 Å². The molecule has 0 aliphatic carbocycles. The van der Waals surface area contributed by atoms with Gasteiger partial charge in [-0.05, 0) is 44.5 Å². The van der Waals surface area contributed by atoms with Crippen molar-refractivity contribution in [1.29, 1.82) is 0 Å². The molecule has 0 saturated heterocycles. The zero-order chi connectivity index (χ0) is 23.0. The molecule has 0 spiro atoms. The Morgan fingerprint density at radius 3 is 2.61 bits per heavy atom. The van der Waals surface area contributed by atoms with Crippen LogP contribution in [0, 0.1) is 6.92 Å². The first-order valence-corrected chi connectivity index (χ1v) is 9.89. The van der Waals surface area contributed by atoms with Crippen LogP contribution in [-0.2, 0) is 4.79 Å². The average Bonchev–Trinajstić information content (AvgIpc) is 3.28. The number of amides is 2. The van der Waals surface area contributed by atoms with Crippen molar-refractivity contribution in [2.75, 3.05) is 37.0 Å². The number of aromatic amines is 1. The number of rotatable bonds is 7. The Bertz CT molecular complexity index is 1030. The number of anilines is 2. The van der Waals surface area contributed by atoms with E-state index in [1.165, 1.54) is 7.11 Å². The molecule has 3 N–H and O–H groups in total. The lowest BCUT2D eigenvalue weighted by Gasteiger charge is -2.18. The van der Waals surface area contributed by atoms with E-state index in [4.69, 9.17) is 9.94 Å². The van der Waals surface area contributed by atoms with Crippen molar-refractivity contribution in [3.8, 4) is 5.75 Å². The van der Waals surface area contributed by atoms with Crippen molar-refractivity contribution in [1.82, 2.24) is 15.4 Å². The van der Waals surface area contributed by atoms with Crippen LogP contribution >= 0.6 is 0 Å². The highest BCUT2D eigenvalue weighted by Gasteiger charge is 2.12. The minimum atomic E-state index is -0.551. The fourth-order valence-corrected chi connectivity index (χ4v) is 3.06. The van der Waals surface area contributed by atoms with Crippen LogP contribution in [0.3, 0.4) is 0 Å². The lowest BCUT2D eigenvalue weighted by atomic mass is 10.1. The van der Waals surface area contributed by atoms with Crippen LogP contribution in [0.25, 0.3) is 11.0 Å². The zero-order valence-corrected chi connectivity index (χ0v) is 18.5. The summed E-state index contributed by atoms with van der Waals surface area (Å²) in [6.45, 7) is 7.39. The van der Waals surface area contributed by atoms with Gasteiger partial charge in [-0.2, -0.15) is 0 Å². The minimum Gasteiger partial charge on any atom is -0.497 e. The number of benzene rings is 1. The third-order valence-electron chi connectivity index (χ3n) is 4.90. The molecule has 9 heteroatoms. The first kappa shape index (κ1) is 23.7. The van der Waals surface area contributed by atoms with Crippen molar-refractivity contribution in [3.05, 3.63) is 47.8 Å². The number of nitrogens with zero attached hydrogens (tertiary/aromatic N) is 3. The summed E-state index contributed by atoms with van der Waals surface area (Å²) in [5.74, 6) is 0.0288. The Morgan fingerprint density at radius 2 is 2.03 bits per heavy atom. The van der Waals surface area contributed by atoms with E-state index in [2.05, 4.69) is 9.97 Å². The van der Waals surface area contributed by atoms with E-state index >= 15 is 0 Å². The van der Waals surface area contributed by atoms with Gasteiger partial charge in [-0.3, -0.25) is 14.8 Å². The predicted molar refractivity (Wildman–Crippen MR) is 121 cm³/mol. The van der Waals surface area contributed by atoms with Crippen molar-refractivity contribution in [3.63, 3.8) is 0 Å². The molecule has 0 aliphatic rings. The van der Waals surface area contributed by atoms with Crippen LogP contribution in [0.15, 0.2) is 36.7 Å². The number of methoxy groups -OCH3 is 1. The molecule has 166 valence electrons. The third-order valence-corrected chi connectivity index (χ3v) is 4.90. The van der Waals surface area contributed by atoms with E-state index in [-0.39, 0.29) is 0 Å². The van der Waals surface area contributed by atoms with Crippen LogP contribution in [0.5, 0.6) is 5.75 Å². The molecule has 0 fully saturated rings. The number of hydroxylamine groups is 1. The lowest BCUT2D eigenvalue weighted by Crippen LogP contribution is -2.21. The van der Waals surface area contributed by atoms with Gasteiger partial charge in [0.2, 0.25) is 6.41 Å². The van der Waals surface area contributed by atoms with Gasteiger partial charge >= 0.3 is 0 Å². The minimum absolute atomic E-state index is 0.358. The molecule has 2 heterocycles. The molecule has 1 aromatic carbocycles. The Hall–Kier alpha value is -3.59. The summed E-state index contributed by atoms with van der Waals surface area (Å²) in [6, 6.07) is 7.03. The largest absolute Gasteiger partial charge is 0.497 e. The molecule has 0 bridgehead atoms. The molecule has 31 heavy (non-hydrogen) atoms. The maximum Gasteiger partial charge on any atom is 0.274 e. The highest BCUT2D eigenvalue weighted by atomic mass is 16.5. The SMILES string of the molecule is CCN(C)c1cc(OC)cc(C(=O)NO)c1.CCN(C=O)c1c(C)cnc2[nH]ccc12. The van der Waals surface area contributed by atoms with Crippen molar-refractivity contribution in [2.45, 2.75) is 20.8 Å². The van der Waals surface area contributed by atoms with Gasteiger partial charge in [0.15, 0.2) is 0 Å². The first-order chi connectivity index (χ1) is 14.9. The zero-order valence-electron chi connectivity index (χ0n) is 18.5. The molecule has 0 saturated carbocycles. The predicted octanol–water partition coefficient (Wildman–Crippen LogP) is 3.12. The van der Waals surface area contributed by atoms with E-state index < -0.39 is 5.91 Å². The van der Waals surface area contributed by atoms with Gasteiger partial charge in [0, 0.05) is 55.2 Å². The van der Waals surface area contributed by atoms with Crippen LogP contribution < -0.4 is 20.0 Å². The number of pyridine rings is 1. The van der Waals surface area contributed by atoms with Crippen molar-refractivity contribution < 1.29 is 19.5 Å². The molecule has 3 aromatic rings. The summed E-state index contributed by atoms with van der Waals surface area (Å²) in [7, 11) is 3.45. The second-order valence-electron chi connectivity index (χ2n) is 6.80. The smallest absolute Gasteiger partial charge is 0.274 e. The number of H-pyrrole nitrogens is 1. The van der Waals surface area contributed by atoms with Crippen LogP contribution in [0.1, 0.15) is 29.8 Å². The fraction of sp³-hybridized carbons (Fsp3) is 0.318. The number of ether oxygens (including phenoxy) is 1. The number of carbonyl (C=O) groups excluding carboxylic acids is 2. The second kappa shape index (κ2) is 11.0. The maximum atomic E-state index is 11.3. The average molecular weight is 428 g/mol. The number of carbonyl (C=O) groups is 2. The van der Waals surface area contributed by atoms with Crippen molar-refractivity contribution in [2.24, 2.45) is 0 Å². The van der Waals surface area contributed by atoms with Gasteiger partial charge in [-0.15, -0.1) is 0 Å². The first-order valence-electron chi connectivity index (χ1n) is 9.89. The molecule has 2 amide bonds. The third kappa shape index (κ3) is 5.52. The number of hydrogen-bond donors (Lipinski definition) is 3. The molecule has 0 radical (unpaired) electrons. The summed E-state index contributed by atoms with van der Waals surface area (Å²) in [4.78, 5) is 33.2. The number of nitrogens with one attached hydrogen (secondary N) is 2. The Morgan fingerprint density at radius 1 is 1.29 bits per heavy atom. The number of aromatic nitrogens is 2. The monoisotopic (exact) mass is 427 g/mol. The van der Waals surface area contributed by atoms with E-state index in [0.717, 1.165) is 40.9 Å². The van der Waals surface area contributed by atoms with E-state index in [1.54, 1.807) is 28.7 Å². The number of hydrogen-bond acceptors (Lipinski definition) is 6. The van der Waals surface area contributed by atoms with Gasteiger partial charge in [0.05, 0.1) is 12.8 Å². The van der Waals surface area contributed by atoms with Gasteiger partial charge in [0.25, 0.3) is 5.91 Å². The second-order valence-corrected chi connectivity index (χ2v) is 6.80. The van der Waals surface area contributed by atoms with Crippen molar-refractivity contribution >= 4 is 34.7 Å². The Labute approximate surface area is 181 Å². The van der Waals surface area contributed by atoms with Crippen LogP contribution in [0.2, 0.25) is 0 Å². The highest BCUT2D eigenvalue weighted by molar-refractivity contribution is 5.97. The number of fused-ring (bicyclic) bond motifs is 1. The normalized spacial score (nSPS) is 10.1. The summed E-state index contributed by atoms with van der Waals surface area (Å²) >= 11 is 0. The summed E-state index contributed by atoms with van der Waals surface area (Å²) in [5.41, 5.74) is 5.59. The maximum absolute atomic E-state index is 11.3. The summed E-state index contributed by atoms with van der Waals surface area (Å²) < 4.78 is 5.10. The standard InChI is InChI=1S/C11H13N3O.C11H16N2O3/c1-3-14(7-15)10-8(2)6-13-11-9(10)4-5-12-11;1-4-13(2)9-5-8(11(14)12-15)6-10(7-9)16-3/h4-7H,3H2,1-2H3,(H,12,13);5-7,15H,4H2,1-3H3,(H,12,14). The van der Waals surface area contributed by atoms with Gasteiger partial charge in [0.1, 0.15) is 11.4 Å². The Kier molecular flexibility index (Phi) is 8.39. The van der Waals surface area contributed by atoms with Gasteiger partial charge in [-0.25, -0.2) is 10.5 Å². The molecule has 2 aromatic heterocycles.